The van der Waals surface area contributed by atoms with E-state index in [2.05, 4.69) is 10.3 Å². The Morgan fingerprint density at radius 3 is 2.89 bits per heavy atom. The molecule has 0 bridgehead atoms. The van der Waals surface area contributed by atoms with Crippen LogP contribution < -0.4 is 11.1 Å². The predicted octanol–water partition coefficient (Wildman–Crippen LogP) is 1.70. The number of nitrogens with two attached hydrogens (primary N) is 1. The van der Waals surface area contributed by atoms with Crippen LogP contribution in [0, 0.1) is 0 Å². The van der Waals surface area contributed by atoms with Gasteiger partial charge in [-0.2, -0.15) is 0 Å². The number of carbonyl (C=O) groups excluding carboxylic acids is 1. The molecule has 2 rings (SSSR count). The molecule has 5 heteroatoms. The van der Waals surface area contributed by atoms with Crippen molar-refractivity contribution in [3.8, 4) is 0 Å². The topological polar surface area (TPSA) is 81.1 Å². The van der Waals surface area contributed by atoms with Crippen LogP contribution in [-0.4, -0.2) is 10.9 Å². The Balaban J connectivity index is 1.83. The molecule has 0 aromatic carbocycles. The molecule has 5 nitrogen and oxygen atoms in total. The summed E-state index contributed by atoms with van der Waals surface area (Å²) in [6.07, 6.45) is 4.20. The first-order chi connectivity index (χ1) is 8.78. The summed E-state index contributed by atoms with van der Waals surface area (Å²) >= 11 is 0. The van der Waals surface area contributed by atoms with Gasteiger partial charge in [0.05, 0.1) is 6.26 Å². The van der Waals surface area contributed by atoms with Crippen LogP contribution in [0.1, 0.15) is 17.7 Å². The van der Waals surface area contributed by atoms with E-state index in [1.54, 1.807) is 24.6 Å². The van der Waals surface area contributed by atoms with Crippen molar-refractivity contribution >= 4 is 11.7 Å². The number of nitrogens with zero attached hydrogens (tertiary/aromatic N) is 1. The minimum Gasteiger partial charge on any atom is -0.469 e. The first kappa shape index (κ1) is 12.3. The Kier molecular flexibility index (Phi) is 4.09. The van der Waals surface area contributed by atoms with Crippen LogP contribution >= 0.6 is 0 Å². The van der Waals surface area contributed by atoms with Crippen LogP contribution in [0.15, 0.2) is 41.1 Å². The number of rotatable bonds is 5. The Bertz CT molecular complexity index is 491. The van der Waals surface area contributed by atoms with Crippen LogP contribution in [-0.2, 0) is 17.8 Å². The first-order valence-corrected chi connectivity index (χ1v) is 5.75. The number of aromatic nitrogens is 1. The lowest BCUT2D eigenvalue weighted by Crippen LogP contribution is -2.13. The third-order valence-electron chi connectivity index (χ3n) is 2.51. The SMILES string of the molecule is NCc1ccc(NC(=O)CCc2ccco2)nc1. The maximum Gasteiger partial charge on any atom is 0.225 e. The Morgan fingerprint density at radius 1 is 1.39 bits per heavy atom. The lowest BCUT2D eigenvalue weighted by atomic mass is 10.2. The van der Waals surface area contributed by atoms with Gasteiger partial charge in [-0.1, -0.05) is 6.07 Å². The summed E-state index contributed by atoms with van der Waals surface area (Å²) in [5.41, 5.74) is 6.40. The fourth-order valence-electron chi connectivity index (χ4n) is 1.52. The van der Waals surface area contributed by atoms with Gasteiger partial charge in [-0.25, -0.2) is 4.98 Å². The van der Waals surface area contributed by atoms with Gasteiger partial charge in [-0.05, 0) is 23.8 Å². The molecule has 94 valence electrons. The zero-order valence-electron chi connectivity index (χ0n) is 9.93. The number of aryl methyl sites for hydroxylation is 1. The fraction of sp³-hybridized carbons (Fsp3) is 0.231. The van der Waals surface area contributed by atoms with E-state index in [0.29, 0.717) is 25.2 Å². The molecule has 2 heterocycles. The molecule has 0 radical (unpaired) electrons. The molecule has 0 aliphatic heterocycles. The molecule has 0 unspecified atom stereocenters. The van der Waals surface area contributed by atoms with Crippen LogP contribution in [0.2, 0.25) is 0 Å². The van der Waals surface area contributed by atoms with Gasteiger partial charge in [0.1, 0.15) is 11.6 Å². The average molecular weight is 245 g/mol. The monoisotopic (exact) mass is 245 g/mol. The number of hydrogen-bond donors (Lipinski definition) is 2. The van der Waals surface area contributed by atoms with Gasteiger partial charge in [-0.15, -0.1) is 0 Å². The van der Waals surface area contributed by atoms with E-state index >= 15 is 0 Å². The molecule has 2 aromatic heterocycles. The van der Waals surface area contributed by atoms with Crippen molar-refractivity contribution in [3.63, 3.8) is 0 Å². The van der Waals surface area contributed by atoms with Crippen molar-refractivity contribution in [2.45, 2.75) is 19.4 Å². The summed E-state index contributed by atoms with van der Waals surface area (Å²) in [6, 6.07) is 7.24. The van der Waals surface area contributed by atoms with E-state index in [-0.39, 0.29) is 5.91 Å². The van der Waals surface area contributed by atoms with Crippen LogP contribution in [0.25, 0.3) is 0 Å². The highest BCUT2D eigenvalue weighted by Gasteiger charge is 2.05. The predicted molar refractivity (Wildman–Crippen MR) is 67.8 cm³/mol. The van der Waals surface area contributed by atoms with Crippen molar-refractivity contribution in [1.82, 2.24) is 4.98 Å². The molecule has 0 fully saturated rings. The summed E-state index contributed by atoms with van der Waals surface area (Å²) in [5, 5.41) is 2.72. The Labute approximate surface area is 105 Å². The molecule has 0 atom stereocenters. The smallest absolute Gasteiger partial charge is 0.225 e. The van der Waals surface area contributed by atoms with Crippen molar-refractivity contribution in [2.24, 2.45) is 5.73 Å². The maximum atomic E-state index is 11.6. The van der Waals surface area contributed by atoms with E-state index in [1.807, 2.05) is 12.1 Å². The number of nitrogens with one attached hydrogen (secondary N) is 1. The van der Waals surface area contributed by atoms with Crippen LogP contribution in [0.4, 0.5) is 5.82 Å². The normalized spacial score (nSPS) is 10.3. The van der Waals surface area contributed by atoms with Crippen LogP contribution in [0.3, 0.4) is 0 Å². The third-order valence-corrected chi connectivity index (χ3v) is 2.51. The number of amides is 1. The highest BCUT2D eigenvalue weighted by Crippen LogP contribution is 2.07. The fourth-order valence-corrected chi connectivity index (χ4v) is 1.52. The number of anilines is 1. The Morgan fingerprint density at radius 2 is 2.28 bits per heavy atom. The minimum absolute atomic E-state index is 0.0839. The molecule has 18 heavy (non-hydrogen) atoms. The van der Waals surface area contributed by atoms with Gasteiger partial charge < -0.3 is 15.5 Å². The molecule has 0 saturated heterocycles. The molecular weight excluding hydrogens is 230 g/mol. The molecule has 0 aliphatic carbocycles. The lowest BCUT2D eigenvalue weighted by Gasteiger charge is -2.04. The molecule has 3 N–H and O–H groups in total. The largest absolute Gasteiger partial charge is 0.469 e. The summed E-state index contributed by atoms with van der Waals surface area (Å²) < 4.78 is 5.15. The van der Waals surface area contributed by atoms with E-state index in [0.717, 1.165) is 11.3 Å². The second kappa shape index (κ2) is 5.97. The van der Waals surface area contributed by atoms with Crippen molar-refractivity contribution in [1.29, 1.82) is 0 Å². The van der Waals surface area contributed by atoms with Gasteiger partial charge in [0.25, 0.3) is 0 Å². The van der Waals surface area contributed by atoms with Gasteiger partial charge in [0, 0.05) is 25.6 Å². The molecule has 1 amide bonds. The van der Waals surface area contributed by atoms with Crippen molar-refractivity contribution < 1.29 is 9.21 Å². The zero-order chi connectivity index (χ0) is 12.8. The number of pyridine rings is 1. The number of furan rings is 1. The second-order valence-electron chi connectivity index (χ2n) is 3.88. The molecular formula is C13H15N3O2. The van der Waals surface area contributed by atoms with E-state index in [4.69, 9.17) is 10.2 Å². The molecule has 0 aliphatic rings. The summed E-state index contributed by atoms with van der Waals surface area (Å²) in [6.45, 7) is 0.444. The van der Waals surface area contributed by atoms with Gasteiger partial charge in [0.2, 0.25) is 5.91 Å². The standard InChI is InChI=1S/C13H15N3O2/c14-8-10-3-5-12(15-9-10)16-13(17)6-4-11-2-1-7-18-11/h1-3,5,7,9H,4,6,8,14H2,(H,15,16,17). The third kappa shape index (κ3) is 3.43. The van der Waals surface area contributed by atoms with Gasteiger partial charge >= 0.3 is 0 Å². The highest BCUT2D eigenvalue weighted by molar-refractivity contribution is 5.89. The summed E-state index contributed by atoms with van der Waals surface area (Å²) in [4.78, 5) is 15.7. The number of carbonyl (C=O) groups is 1. The van der Waals surface area contributed by atoms with Crippen molar-refractivity contribution in [2.75, 3.05) is 5.32 Å². The molecule has 0 spiro atoms. The van der Waals surface area contributed by atoms with Crippen LogP contribution in [0.5, 0.6) is 0 Å². The van der Waals surface area contributed by atoms with E-state index in [1.165, 1.54) is 0 Å². The summed E-state index contributed by atoms with van der Waals surface area (Å²) in [7, 11) is 0. The Hall–Kier alpha value is -2.14. The van der Waals surface area contributed by atoms with Gasteiger partial charge in [-0.3, -0.25) is 4.79 Å². The minimum atomic E-state index is -0.0839. The average Bonchev–Trinajstić information content (AvgIpc) is 2.90. The lowest BCUT2D eigenvalue weighted by molar-refractivity contribution is -0.116. The van der Waals surface area contributed by atoms with Crippen molar-refractivity contribution in [3.05, 3.63) is 48.0 Å². The van der Waals surface area contributed by atoms with Gasteiger partial charge in [0.15, 0.2) is 0 Å². The quantitative estimate of drug-likeness (QED) is 0.840. The zero-order valence-corrected chi connectivity index (χ0v) is 9.93. The molecule has 2 aromatic rings. The first-order valence-electron chi connectivity index (χ1n) is 5.75. The summed E-state index contributed by atoms with van der Waals surface area (Å²) in [5.74, 6) is 1.26. The van der Waals surface area contributed by atoms with E-state index < -0.39 is 0 Å². The second-order valence-corrected chi connectivity index (χ2v) is 3.88. The maximum absolute atomic E-state index is 11.6. The highest BCUT2D eigenvalue weighted by atomic mass is 16.3. The van der Waals surface area contributed by atoms with E-state index in [9.17, 15) is 4.79 Å². The molecule has 0 saturated carbocycles. The number of hydrogen-bond acceptors (Lipinski definition) is 4.